The van der Waals surface area contributed by atoms with Crippen molar-refractivity contribution < 1.29 is 4.79 Å². The van der Waals surface area contributed by atoms with Gasteiger partial charge in [-0.2, -0.15) is 0 Å². The summed E-state index contributed by atoms with van der Waals surface area (Å²) in [5.74, 6) is 0.00463. The first-order valence-corrected chi connectivity index (χ1v) is 2.87. The Morgan fingerprint density at radius 3 is 1.50 bits per heavy atom. The zero-order valence-corrected chi connectivity index (χ0v) is 6.69. The first kappa shape index (κ1) is 22.7. The number of rotatable bonds is 0. The van der Waals surface area contributed by atoms with Gasteiger partial charge in [-0.25, -0.2) is 0 Å². The van der Waals surface area contributed by atoms with E-state index in [0.717, 1.165) is 0 Å². The van der Waals surface area contributed by atoms with Gasteiger partial charge in [0.1, 0.15) is 0 Å². The molecular formula is C7H19BNO. The SMILES string of the molecule is C.CCC.CNC(C)=O.[B]. The Bertz CT molecular complexity index is 57.6. The van der Waals surface area contributed by atoms with Crippen molar-refractivity contribution >= 4 is 14.3 Å². The molecule has 0 spiro atoms. The van der Waals surface area contributed by atoms with Gasteiger partial charge in [-0.3, -0.25) is 4.79 Å². The van der Waals surface area contributed by atoms with Gasteiger partial charge in [0.2, 0.25) is 5.91 Å². The van der Waals surface area contributed by atoms with Crippen molar-refractivity contribution in [3.05, 3.63) is 0 Å². The van der Waals surface area contributed by atoms with E-state index in [4.69, 9.17) is 0 Å². The first-order valence-electron chi connectivity index (χ1n) is 2.87. The summed E-state index contributed by atoms with van der Waals surface area (Å²) in [7, 11) is 1.60. The summed E-state index contributed by atoms with van der Waals surface area (Å²) in [6.45, 7) is 5.72. The average Bonchev–Trinajstić information content (AvgIpc) is 1.69. The van der Waals surface area contributed by atoms with Crippen LogP contribution in [0.1, 0.15) is 34.6 Å². The third kappa shape index (κ3) is 137. The van der Waals surface area contributed by atoms with Crippen LogP contribution in [0.5, 0.6) is 0 Å². The maximum Gasteiger partial charge on any atom is 0.216 e. The molecule has 0 saturated carbocycles. The number of hydrogen-bond donors (Lipinski definition) is 1. The van der Waals surface area contributed by atoms with Crippen LogP contribution >= 0.6 is 0 Å². The van der Waals surface area contributed by atoms with E-state index in [2.05, 4.69) is 19.2 Å². The first-order chi connectivity index (χ1) is 3.68. The van der Waals surface area contributed by atoms with Crippen molar-refractivity contribution in [2.45, 2.75) is 34.6 Å². The number of carbonyl (C=O) groups excluding carboxylic acids is 1. The van der Waals surface area contributed by atoms with Crippen LogP contribution in [-0.4, -0.2) is 21.4 Å². The van der Waals surface area contributed by atoms with Crippen LogP contribution in [0.3, 0.4) is 0 Å². The molecule has 1 N–H and O–H groups in total. The Hall–Kier alpha value is -0.465. The molecule has 0 aliphatic rings. The monoisotopic (exact) mass is 144 g/mol. The molecule has 0 aromatic carbocycles. The van der Waals surface area contributed by atoms with Gasteiger partial charge in [0.15, 0.2) is 0 Å². The molecule has 0 bridgehead atoms. The Labute approximate surface area is 67.0 Å². The maximum absolute atomic E-state index is 9.70. The number of hydrogen-bond acceptors (Lipinski definition) is 1. The highest BCUT2D eigenvalue weighted by Crippen LogP contribution is 1.56. The molecular weight excluding hydrogens is 125 g/mol. The lowest BCUT2D eigenvalue weighted by Crippen LogP contribution is -2.11. The molecule has 3 radical (unpaired) electrons. The largest absolute Gasteiger partial charge is 0.359 e. The van der Waals surface area contributed by atoms with E-state index in [0.29, 0.717) is 0 Å². The van der Waals surface area contributed by atoms with Crippen molar-refractivity contribution in [2.24, 2.45) is 0 Å². The molecule has 0 unspecified atom stereocenters. The smallest absolute Gasteiger partial charge is 0.216 e. The van der Waals surface area contributed by atoms with Gasteiger partial charge in [0.25, 0.3) is 0 Å². The predicted molar refractivity (Wildman–Crippen MR) is 48.2 cm³/mol. The van der Waals surface area contributed by atoms with Crippen LogP contribution in [0.15, 0.2) is 0 Å². The normalized spacial score (nSPS) is 5.20. The molecule has 0 aliphatic heterocycles. The lowest BCUT2D eigenvalue weighted by atomic mass is 10.6. The Morgan fingerprint density at radius 1 is 1.40 bits per heavy atom. The highest BCUT2D eigenvalue weighted by molar-refractivity contribution is 5.75. The number of nitrogens with one attached hydrogen (secondary N) is 1. The zero-order chi connectivity index (χ0) is 6.99. The summed E-state index contributed by atoms with van der Waals surface area (Å²) in [5.41, 5.74) is 0. The summed E-state index contributed by atoms with van der Waals surface area (Å²) in [6, 6.07) is 0. The van der Waals surface area contributed by atoms with Gasteiger partial charge < -0.3 is 5.32 Å². The third-order valence-corrected chi connectivity index (χ3v) is 0.352. The van der Waals surface area contributed by atoms with E-state index in [1.807, 2.05) is 0 Å². The minimum Gasteiger partial charge on any atom is -0.359 e. The minimum atomic E-state index is 0. The molecule has 0 atom stereocenters. The molecule has 0 aliphatic carbocycles. The Balaban J connectivity index is -0.0000000326. The van der Waals surface area contributed by atoms with Crippen LogP contribution in [0.4, 0.5) is 0 Å². The molecule has 0 rings (SSSR count). The van der Waals surface area contributed by atoms with Crippen molar-refractivity contribution in [1.29, 1.82) is 0 Å². The van der Waals surface area contributed by atoms with E-state index in [9.17, 15) is 4.79 Å². The fourth-order valence-corrected chi connectivity index (χ4v) is 0. The maximum atomic E-state index is 9.70. The van der Waals surface area contributed by atoms with Crippen molar-refractivity contribution in [3.8, 4) is 0 Å². The molecule has 0 saturated heterocycles. The highest BCUT2D eigenvalue weighted by atomic mass is 16.1. The molecule has 10 heavy (non-hydrogen) atoms. The number of amides is 1. The van der Waals surface area contributed by atoms with E-state index in [1.165, 1.54) is 13.3 Å². The van der Waals surface area contributed by atoms with Crippen LogP contribution in [0.2, 0.25) is 0 Å². The van der Waals surface area contributed by atoms with E-state index in [-0.39, 0.29) is 21.7 Å². The summed E-state index contributed by atoms with van der Waals surface area (Å²) in [6.07, 6.45) is 1.25. The molecule has 0 fully saturated rings. The Kier molecular flexibility index (Phi) is 53.4. The quantitative estimate of drug-likeness (QED) is 0.512. The topological polar surface area (TPSA) is 29.1 Å². The molecule has 2 nitrogen and oxygen atoms in total. The van der Waals surface area contributed by atoms with E-state index in [1.54, 1.807) is 7.05 Å². The van der Waals surface area contributed by atoms with Crippen LogP contribution in [-0.2, 0) is 4.79 Å². The standard InChI is InChI=1S/C3H7NO.C3H8.CH4.B/c1-3(5)4-2;1-3-2;;/h1-2H3,(H,4,5);3H2,1-2H3;1H4;. The lowest BCUT2D eigenvalue weighted by molar-refractivity contribution is -0.118. The Morgan fingerprint density at radius 2 is 1.50 bits per heavy atom. The summed E-state index contributed by atoms with van der Waals surface area (Å²) in [4.78, 5) is 9.70. The van der Waals surface area contributed by atoms with E-state index >= 15 is 0 Å². The number of carbonyl (C=O) groups is 1. The fourth-order valence-electron chi connectivity index (χ4n) is 0. The minimum absolute atomic E-state index is 0. The molecule has 1 amide bonds. The van der Waals surface area contributed by atoms with Gasteiger partial charge in [-0.15, -0.1) is 0 Å². The fraction of sp³-hybridized carbons (Fsp3) is 0.857. The van der Waals surface area contributed by atoms with Gasteiger partial charge in [-0.1, -0.05) is 27.7 Å². The molecule has 0 aromatic heterocycles. The summed E-state index contributed by atoms with van der Waals surface area (Å²) in [5, 5.41) is 2.39. The van der Waals surface area contributed by atoms with Gasteiger partial charge >= 0.3 is 0 Å². The zero-order valence-electron chi connectivity index (χ0n) is 6.69. The second-order valence-corrected chi connectivity index (χ2v) is 1.51. The van der Waals surface area contributed by atoms with Crippen LogP contribution < -0.4 is 5.32 Å². The second-order valence-electron chi connectivity index (χ2n) is 1.51. The molecule has 61 valence electrons. The summed E-state index contributed by atoms with van der Waals surface area (Å²) >= 11 is 0. The highest BCUT2D eigenvalue weighted by Gasteiger charge is 1.72. The van der Waals surface area contributed by atoms with Crippen molar-refractivity contribution in [3.63, 3.8) is 0 Å². The van der Waals surface area contributed by atoms with Crippen molar-refractivity contribution in [1.82, 2.24) is 5.32 Å². The molecule has 3 heteroatoms. The second kappa shape index (κ2) is 23.6. The van der Waals surface area contributed by atoms with Gasteiger partial charge in [0.05, 0.1) is 0 Å². The molecule has 0 aromatic rings. The van der Waals surface area contributed by atoms with Gasteiger partial charge in [-0.05, 0) is 0 Å². The summed E-state index contributed by atoms with van der Waals surface area (Å²) < 4.78 is 0. The lowest BCUT2D eigenvalue weighted by Gasteiger charge is -1.80. The predicted octanol–water partition coefficient (Wildman–Crippen LogP) is 1.42. The molecule has 0 heterocycles. The van der Waals surface area contributed by atoms with Crippen LogP contribution in [0, 0.1) is 0 Å². The van der Waals surface area contributed by atoms with Gasteiger partial charge in [0, 0.05) is 22.4 Å². The van der Waals surface area contributed by atoms with Crippen molar-refractivity contribution in [2.75, 3.05) is 7.05 Å². The van der Waals surface area contributed by atoms with Crippen LogP contribution in [0.25, 0.3) is 0 Å². The third-order valence-electron chi connectivity index (χ3n) is 0.352. The van der Waals surface area contributed by atoms with E-state index < -0.39 is 0 Å². The average molecular weight is 144 g/mol.